The van der Waals surface area contributed by atoms with Gasteiger partial charge in [-0.05, 0) is 47.9 Å². The van der Waals surface area contributed by atoms with Crippen molar-refractivity contribution in [2.24, 2.45) is 0 Å². The second-order valence-corrected chi connectivity index (χ2v) is 9.30. The molecule has 0 aromatic heterocycles. The SMILES string of the molecule is COC(=O)[C@@H]1CC[C@H]2[C@H](OC)CC[C@H](NC(=O)OCC3c4ccccc4-c4ccccc43)C(=O)N12. The Labute approximate surface area is 204 Å². The van der Waals surface area contributed by atoms with Gasteiger partial charge in [-0.2, -0.15) is 0 Å². The molecule has 2 aromatic rings. The minimum Gasteiger partial charge on any atom is -0.467 e. The van der Waals surface area contributed by atoms with Gasteiger partial charge in [-0.15, -0.1) is 0 Å². The van der Waals surface area contributed by atoms with Gasteiger partial charge in [0.05, 0.1) is 19.3 Å². The van der Waals surface area contributed by atoms with Crippen LogP contribution in [0.5, 0.6) is 0 Å². The predicted octanol–water partition coefficient (Wildman–Crippen LogP) is 3.24. The summed E-state index contributed by atoms with van der Waals surface area (Å²) in [5.74, 6) is -0.809. The summed E-state index contributed by atoms with van der Waals surface area (Å²) < 4.78 is 16.2. The number of nitrogens with one attached hydrogen (secondary N) is 1. The maximum atomic E-state index is 13.4. The average Bonchev–Trinajstić information content (AvgIpc) is 3.43. The van der Waals surface area contributed by atoms with Gasteiger partial charge in [0.15, 0.2) is 0 Å². The second-order valence-electron chi connectivity index (χ2n) is 9.30. The molecule has 2 heterocycles. The Hall–Kier alpha value is -3.39. The van der Waals surface area contributed by atoms with Crippen LogP contribution in [0.3, 0.4) is 0 Å². The number of amides is 2. The Kier molecular flexibility index (Phi) is 6.47. The van der Waals surface area contributed by atoms with E-state index >= 15 is 0 Å². The van der Waals surface area contributed by atoms with Crippen molar-refractivity contribution in [3.8, 4) is 11.1 Å². The van der Waals surface area contributed by atoms with Crippen molar-refractivity contribution < 1.29 is 28.6 Å². The van der Waals surface area contributed by atoms with E-state index in [-0.39, 0.29) is 30.6 Å². The van der Waals surface area contributed by atoms with Gasteiger partial charge in [0.25, 0.3) is 0 Å². The summed E-state index contributed by atoms with van der Waals surface area (Å²) in [6.07, 6.45) is 1.31. The van der Waals surface area contributed by atoms with Crippen molar-refractivity contribution in [3.63, 3.8) is 0 Å². The van der Waals surface area contributed by atoms with Gasteiger partial charge in [-0.25, -0.2) is 9.59 Å². The molecule has 0 spiro atoms. The maximum absolute atomic E-state index is 13.4. The molecule has 2 fully saturated rings. The van der Waals surface area contributed by atoms with Crippen molar-refractivity contribution in [3.05, 3.63) is 59.7 Å². The van der Waals surface area contributed by atoms with Crippen LogP contribution in [0, 0.1) is 0 Å². The number of nitrogens with zero attached hydrogens (tertiary/aromatic N) is 1. The highest BCUT2D eigenvalue weighted by atomic mass is 16.5. The first kappa shape index (κ1) is 23.4. The molecule has 4 atom stereocenters. The van der Waals surface area contributed by atoms with Crippen LogP contribution in [-0.2, 0) is 23.8 Å². The van der Waals surface area contributed by atoms with Crippen LogP contribution in [0.1, 0.15) is 42.7 Å². The number of hydrogen-bond acceptors (Lipinski definition) is 6. The molecule has 8 heteroatoms. The summed E-state index contributed by atoms with van der Waals surface area (Å²) in [5.41, 5.74) is 4.54. The third kappa shape index (κ3) is 4.16. The van der Waals surface area contributed by atoms with Crippen molar-refractivity contribution in [1.29, 1.82) is 0 Å². The summed E-state index contributed by atoms with van der Waals surface area (Å²) in [7, 11) is 2.93. The number of esters is 1. The molecule has 184 valence electrons. The van der Waals surface area contributed by atoms with E-state index in [9.17, 15) is 14.4 Å². The number of methoxy groups -OCH3 is 2. The Bertz CT molecular complexity index is 1090. The summed E-state index contributed by atoms with van der Waals surface area (Å²) >= 11 is 0. The van der Waals surface area contributed by atoms with Crippen molar-refractivity contribution in [2.45, 2.75) is 55.8 Å². The third-order valence-electron chi connectivity index (χ3n) is 7.56. The Balaban J connectivity index is 1.29. The normalized spacial score (nSPS) is 25.3. The first-order valence-corrected chi connectivity index (χ1v) is 12.1. The van der Waals surface area contributed by atoms with E-state index in [2.05, 4.69) is 29.6 Å². The zero-order valence-electron chi connectivity index (χ0n) is 19.9. The minimum absolute atomic E-state index is 0.0671. The van der Waals surface area contributed by atoms with Crippen LogP contribution in [0.2, 0.25) is 0 Å². The van der Waals surface area contributed by atoms with Gasteiger partial charge in [0, 0.05) is 13.0 Å². The van der Waals surface area contributed by atoms with Gasteiger partial charge >= 0.3 is 12.1 Å². The molecule has 2 saturated heterocycles. The number of ether oxygens (including phenoxy) is 3. The molecule has 2 amide bonds. The first-order chi connectivity index (χ1) is 17.0. The number of rotatable bonds is 5. The second kappa shape index (κ2) is 9.70. The van der Waals surface area contributed by atoms with E-state index in [4.69, 9.17) is 14.2 Å². The largest absolute Gasteiger partial charge is 0.467 e. The number of alkyl carbamates (subject to hydrolysis) is 1. The van der Waals surface area contributed by atoms with Crippen LogP contribution < -0.4 is 5.32 Å². The van der Waals surface area contributed by atoms with E-state index in [0.717, 1.165) is 22.3 Å². The van der Waals surface area contributed by atoms with Crippen LogP contribution in [0.4, 0.5) is 4.79 Å². The molecular formula is C27H30N2O6. The lowest BCUT2D eigenvalue weighted by atomic mass is 9.98. The maximum Gasteiger partial charge on any atom is 0.407 e. The highest BCUT2D eigenvalue weighted by Gasteiger charge is 2.49. The van der Waals surface area contributed by atoms with Gasteiger partial charge in [0.2, 0.25) is 5.91 Å². The number of carbonyl (C=O) groups is 3. The van der Waals surface area contributed by atoms with E-state index in [1.54, 1.807) is 12.0 Å². The molecule has 2 aromatic carbocycles. The molecule has 2 aliphatic heterocycles. The summed E-state index contributed by atoms with van der Waals surface area (Å²) in [5, 5.41) is 2.76. The molecule has 3 aliphatic rings. The smallest absolute Gasteiger partial charge is 0.407 e. The zero-order valence-corrected chi connectivity index (χ0v) is 19.9. The van der Waals surface area contributed by atoms with E-state index < -0.39 is 24.1 Å². The van der Waals surface area contributed by atoms with Crippen LogP contribution >= 0.6 is 0 Å². The summed E-state index contributed by atoms with van der Waals surface area (Å²) in [6.45, 7) is 0.165. The monoisotopic (exact) mass is 478 g/mol. The average molecular weight is 479 g/mol. The van der Waals surface area contributed by atoms with Crippen molar-refractivity contribution in [1.82, 2.24) is 10.2 Å². The van der Waals surface area contributed by atoms with Crippen molar-refractivity contribution >= 4 is 18.0 Å². The number of carbonyl (C=O) groups excluding carboxylic acids is 3. The topological polar surface area (TPSA) is 94.2 Å². The Morgan fingerprint density at radius 3 is 2.23 bits per heavy atom. The summed E-state index contributed by atoms with van der Waals surface area (Å²) in [6, 6.07) is 14.6. The van der Waals surface area contributed by atoms with Crippen LogP contribution in [-0.4, -0.2) is 67.9 Å². The third-order valence-corrected chi connectivity index (χ3v) is 7.56. The van der Waals surface area contributed by atoms with Crippen LogP contribution in [0.15, 0.2) is 48.5 Å². The molecule has 1 N–H and O–H groups in total. The van der Waals surface area contributed by atoms with Gasteiger partial charge in [-0.3, -0.25) is 4.79 Å². The molecule has 0 unspecified atom stereocenters. The quantitative estimate of drug-likeness (QED) is 0.663. The fraction of sp³-hybridized carbons (Fsp3) is 0.444. The predicted molar refractivity (Wildman–Crippen MR) is 128 cm³/mol. The molecular weight excluding hydrogens is 448 g/mol. The van der Waals surface area contributed by atoms with Gasteiger partial charge in [0.1, 0.15) is 18.7 Å². The fourth-order valence-electron chi connectivity index (χ4n) is 5.91. The van der Waals surface area contributed by atoms with E-state index in [0.29, 0.717) is 25.7 Å². The van der Waals surface area contributed by atoms with Crippen LogP contribution in [0.25, 0.3) is 11.1 Å². The van der Waals surface area contributed by atoms with E-state index in [1.165, 1.54) is 7.11 Å². The zero-order chi connectivity index (χ0) is 24.5. The first-order valence-electron chi connectivity index (χ1n) is 12.1. The number of fused-ring (bicyclic) bond motifs is 4. The standard InChI is InChI=1S/C27H30N2O6/c1-33-24-14-11-21(25(30)29-22(24)12-13-23(29)26(31)34-2)28-27(32)35-15-20-18-9-5-3-7-16(18)17-8-4-6-10-19(17)20/h3-10,20-24H,11-15H2,1-2H3,(H,28,32)/t21-,22-,23-,24+/m0/s1. The lowest BCUT2D eigenvalue weighted by Crippen LogP contribution is -2.54. The van der Waals surface area contributed by atoms with E-state index in [1.807, 2.05) is 24.3 Å². The number of benzene rings is 2. The minimum atomic E-state index is -0.793. The van der Waals surface area contributed by atoms with Gasteiger partial charge in [-0.1, -0.05) is 48.5 Å². The highest BCUT2D eigenvalue weighted by Crippen LogP contribution is 2.44. The lowest BCUT2D eigenvalue weighted by molar-refractivity contribution is -0.153. The number of hydrogen-bond donors (Lipinski definition) is 1. The summed E-state index contributed by atoms with van der Waals surface area (Å²) in [4.78, 5) is 40.2. The molecule has 8 nitrogen and oxygen atoms in total. The molecule has 1 aliphatic carbocycles. The lowest BCUT2D eigenvalue weighted by Gasteiger charge is -2.32. The molecule has 5 rings (SSSR count). The molecule has 0 radical (unpaired) electrons. The molecule has 0 bridgehead atoms. The Morgan fingerprint density at radius 2 is 1.60 bits per heavy atom. The molecule has 35 heavy (non-hydrogen) atoms. The highest BCUT2D eigenvalue weighted by molar-refractivity contribution is 5.91. The Morgan fingerprint density at radius 1 is 0.943 bits per heavy atom. The van der Waals surface area contributed by atoms with Crippen molar-refractivity contribution in [2.75, 3.05) is 20.8 Å². The van der Waals surface area contributed by atoms with Gasteiger partial charge < -0.3 is 24.4 Å². The molecule has 0 saturated carbocycles. The fourth-order valence-corrected chi connectivity index (χ4v) is 5.91.